The summed E-state index contributed by atoms with van der Waals surface area (Å²) in [5.74, 6) is 1.10. The molecule has 1 aromatic rings. The van der Waals surface area contributed by atoms with Gasteiger partial charge in [0, 0.05) is 54.5 Å². The molecule has 41 heavy (non-hydrogen) atoms. The Hall–Kier alpha value is -1.57. The van der Waals surface area contributed by atoms with Crippen molar-refractivity contribution in [1.29, 1.82) is 5.41 Å². The molecule has 0 amide bonds. The van der Waals surface area contributed by atoms with Gasteiger partial charge in [-0.05, 0) is 64.1 Å². The van der Waals surface area contributed by atoms with Crippen LogP contribution in [-0.2, 0) is 11.4 Å². The first-order valence-electron chi connectivity index (χ1n) is 13.9. The lowest BCUT2D eigenvalue weighted by molar-refractivity contribution is -0.0589. The molecule has 3 N–H and O–H groups in total. The lowest BCUT2D eigenvalue weighted by atomic mass is 9.80. The van der Waals surface area contributed by atoms with Gasteiger partial charge in [0.05, 0.1) is 18.1 Å². The third kappa shape index (κ3) is 8.29. The number of likely N-dealkylation sites (tertiary alicyclic amines) is 1. The first-order valence-corrected chi connectivity index (χ1v) is 16.0. The number of aromatic nitrogens is 2. The van der Waals surface area contributed by atoms with Crippen molar-refractivity contribution in [3.05, 3.63) is 35.2 Å². The molecule has 1 aliphatic carbocycles. The van der Waals surface area contributed by atoms with E-state index in [1.807, 2.05) is 24.8 Å². The van der Waals surface area contributed by atoms with Crippen LogP contribution in [0.2, 0.25) is 0 Å². The van der Waals surface area contributed by atoms with E-state index < -0.39 is 40.4 Å². The lowest BCUT2D eigenvalue weighted by Crippen LogP contribution is -2.54. The molecule has 0 radical (unpaired) electrons. The fourth-order valence-electron chi connectivity index (χ4n) is 5.48. The molecule has 3 aliphatic rings. The van der Waals surface area contributed by atoms with Crippen molar-refractivity contribution in [3.63, 3.8) is 0 Å². The Morgan fingerprint density at radius 3 is 2.63 bits per heavy atom. The van der Waals surface area contributed by atoms with Crippen LogP contribution in [0, 0.1) is 23.2 Å². The molecular formula is C27H38Cl2F3N7OS. The van der Waals surface area contributed by atoms with E-state index >= 15 is 0 Å². The van der Waals surface area contributed by atoms with E-state index in [2.05, 4.69) is 24.9 Å². The minimum Gasteiger partial charge on any atom is -0.598 e. The van der Waals surface area contributed by atoms with E-state index in [1.54, 1.807) is 19.1 Å². The number of rotatable bonds is 11. The van der Waals surface area contributed by atoms with Crippen molar-refractivity contribution in [2.45, 2.75) is 56.5 Å². The van der Waals surface area contributed by atoms with Crippen LogP contribution in [0.5, 0.6) is 0 Å². The van der Waals surface area contributed by atoms with Crippen LogP contribution in [0.4, 0.5) is 24.8 Å². The molecular weight excluding hydrogens is 598 g/mol. The SMILES string of the molecule is CC(Nc1nc(N2CC(C3CCCN(CCN[S+]([O-])C(C)C)C3)C2)cnc1C(=N)C(F)(F)F)C1C=CC(Cl)=CC1Cl. The molecule has 14 heteroatoms. The van der Waals surface area contributed by atoms with Gasteiger partial charge in [-0.15, -0.1) is 16.3 Å². The van der Waals surface area contributed by atoms with Crippen LogP contribution in [-0.4, -0.2) is 87.2 Å². The average Bonchev–Trinajstić information content (AvgIpc) is 2.87. The van der Waals surface area contributed by atoms with Gasteiger partial charge in [-0.1, -0.05) is 17.7 Å². The number of nitrogens with one attached hydrogen (secondary N) is 3. The van der Waals surface area contributed by atoms with Gasteiger partial charge in [-0.25, -0.2) is 9.97 Å². The topological polar surface area (TPSA) is 103 Å². The summed E-state index contributed by atoms with van der Waals surface area (Å²) in [5, 5.41) is 10.9. The second-order valence-electron chi connectivity index (χ2n) is 11.3. The summed E-state index contributed by atoms with van der Waals surface area (Å²) in [4.78, 5) is 13.0. The van der Waals surface area contributed by atoms with Gasteiger partial charge in [-0.3, -0.25) is 5.41 Å². The number of anilines is 2. The van der Waals surface area contributed by atoms with Crippen LogP contribution in [0.25, 0.3) is 0 Å². The third-order valence-electron chi connectivity index (χ3n) is 7.93. The van der Waals surface area contributed by atoms with E-state index in [0.29, 0.717) is 29.2 Å². The summed E-state index contributed by atoms with van der Waals surface area (Å²) in [7, 11) is 0. The summed E-state index contributed by atoms with van der Waals surface area (Å²) in [6.07, 6.45) is 3.90. The number of hydrogen-bond donors (Lipinski definition) is 3. The quantitative estimate of drug-likeness (QED) is 0.180. The minimum atomic E-state index is -4.86. The van der Waals surface area contributed by atoms with Gasteiger partial charge >= 0.3 is 6.18 Å². The Labute approximate surface area is 253 Å². The molecule has 3 heterocycles. The predicted octanol–water partition coefficient (Wildman–Crippen LogP) is 4.93. The second-order valence-corrected chi connectivity index (χ2v) is 14.0. The summed E-state index contributed by atoms with van der Waals surface area (Å²) >= 11 is 11.4. The van der Waals surface area contributed by atoms with Crippen LogP contribution in [0.15, 0.2) is 29.5 Å². The smallest absolute Gasteiger partial charge is 0.434 e. The Kier molecular flexibility index (Phi) is 10.9. The van der Waals surface area contributed by atoms with E-state index in [9.17, 15) is 17.7 Å². The maximum absolute atomic E-state index is 13.5. The Balaban J connectivity index is 1.40. The molecule has 2 fully saturated rings. The van der Waals surface area contributed by atoms with Crippen LogP contribution >= 0.6 is 23.2 Å². The van der Waals surface area contributed by atoms with E-state index in [1.165, 1.54) is 6.20 Å². The Morgan fingerprint density at radius 1 is 1.24 bits per heavy atom. The number of hydrogen-bond acceptors (Lipinski definition) is 8. The Bertz CT molecular complexity index is 1130. The second kappa shape index (κ2) is 13.8. The highest BCUT2D eigenvalue weighted by Gasteiger charge is 2.40. The maximum Gasteiger partial charge on any atom is 0.434 e. The van der Waals surface area contributed by atoms with Crippen LogP contribution in [0.1, 0.15) is 39.3 Å². The maximum atomic E-state index is 13.5. The van der Waals surface area contributed by atoms with Crippen LogP contribution < -0.4 is 14.9 Å². The minimum absolute atomic E-state index is 0.0813. The van der Waals surface area contributed by atoms with Crippen molar-refractivity contribution in [1.82, 2.24) is 19.6 Å². The molecule has 4 rings (SSSR count). The summed E-state index contributed by atoms with van der Waals surface area (Å²) in [5.41, 5.74) is -2.09. The largest absolute Gasteiger partial charge is 0.598 e. The molecule has 2 aliphatic heterocycles. The van der Waals surface area contributed by atoms with Gasteiger partial charge in [0.1, 0.15) is 16.8 Å². The highest BCUT2D eigenvalue weighted by atomic mass is 35.5. The zero-order valence-electron chi connectivity index (χ0n) is 23.4. The molecule has 0 bridgehead atoms. The van der Waals surface area contributed by atoms with Gasteiger partial charge in [0.2, 0.25) is 0 Å². The predicted molar refractivity (Wildman–Crippen MR) is 160 cm³/mol. The highest BCUT2D eigenvalue weighted by Crippen LogP contribution is 2.35. The van der Waals surface area contributed by atoms with Gasteiger partial charge in [0.25, 0.3) is 0 Å². The first-order chi connectivity index (χ1) is 19.3. The molecule has 0 spiro atoms. The molecule has 0 saturated carbocycles. The highest BCUT2D eigenvalue weighted by molar-refractivity contribution is 7.90. The lowest BCUT2D eigenvalue weighted by Gasteiger charge is -2.47. The van der Waals surface area contributed by atoms with Gasteiger partial charge in [0.15, 0.2) is 11.5 Å². The summed E-state index contributed by atoms with van der Waals surface area (Å²) < 4.78 is 55.5. The molecule has 1 aromatic heterocycles. The normalized spacial score (nSPS) is 25.6. The van der Waals surface area contributed by atoms with Crippen LogP contribution in [0.3, 0.4) is 0 Å². The summed E-state index contributed by atoms with van der Waals surface area (Å²) in [6, 6.07) is -0.399. The van der Waals surface area contributed by atoms with Gasteiger partial charge < -0.3 is 19.7 Å². The zero-order valence-corrected chi connectivity index (χ0v) is 25.8. The van der Waals surface area contributed by atoms with E-state index in [4.69, 9.17) is 28.6 Å². The Morgan fingerprint density at radius 2 is 1.98 bits per heavy atom. The standard InChI is InChI=1S/C27H38Cl2F3N7OS/c1-16(2)41(40)35-8-10-38-9-4-5-18(13-38)19-14-39(15-19)23-12-34-24(25(33)27(30,31)32)26(37-23)36-17(3)21-7-6-20(28)11-22(21)29/h6-7,11-12,16-19,21-22,33,35H,4-5,8-10,13-15H2,1-3H3,(H,36,37). The van der Waals surface area contributed by atoms with Crippen molar-refractivity contribution in [2.75, 3.05) is 49.5 Å². The van der Waals surface area contributed by atoms with Crippen molar-refractivity contribution >= 4 is 51.9 Å². The van der Waals surface area contributed by atoms with Crippen molar-refractivity contribution in [3.8, 4) is 0 Å². The first kappa shape index (κ1) is 32.3. The van der Waals surface area contributed by atoms with E-state index in [-0.39, 0.29) is 17.0 Å². The van der Waals surface area contributed by atoms with Crippen molar-refractivity contribution < 1.29 is 17.7 Å². The number of nitrogens with zero attached hydrogens (tertiary/aromatic N) is 4. The van der Waals surface area contributed by atoms with Crippen molar-refractivity contribution in [2.24, 2.45) is 17.8 Å². The third-order valence-corrected chi connectivity index (χ3v) is 9.94. The summed E-state index contributed by atoms with van der Waals surface area (Å²) in [6.45, 7) is 10.7. The molecule has 0 aromatic carbocycles. The molecule has 228 valence electrons. The number of halogens is 5. The molecule has 2 saturated heterocycles. The fraction of sp³-hybridized carbons (Fsp3) is 0.667. The number of piperidine rings is 1. The number of allylic oxidation sites excluding steroid dienone is 3. The van der Waals surface area contributed by atoms with E-state index in [0.717, 1.165) is 45.6 Å². The van der Waals surface area contributed by atoms with Gasteiger partial charge in [-0.2, -0.15) is 13.2 Å². The monoisotopic (exact) mass is 635 g/mol. The molecule has 5 unspecified atom stereocenters. The molecule has 5 atom stereocenters. The number of alkyl halides is 4. The fourth-order valence-corrected chi connectivity index (χ4v) is 6.82. The zero-order chi connectivity index (χ0) is 29.9. The molecule has 8 nitrogen and oxygen atoms in total. The average molecular weight is 637 g/mol.